The molecule has 156 valence electrons. The summed E-state index contributed by atoms with van der Waals surface area (Å²) >= 11 is 0. The molecule has 4 aliphatic carbocycles. The summed E-state index contributed by atoms with van der Waals surface area (Å²) in [6.45, 7) is 4.78. The van der Waals surface area contributed by atoms with Crippen LogP contribution in [0.15, 0.2) is 75.2 Å². The van der Waals surface area contributed by atoms with Gasteiger partial charge in [-0.1, -0.05) is 49.3 Å². The van der Waals surface area contributed by atoms with Crippen molar-refractivity contribution < 1.29 is 9.00 Å². The van der Waals surface area contributed by atoms with Crippen LogP contribution in [-0.2, 0) is 15.6 Å². The van der Waals surface area contributed by atoms with Gasteiger partial charge in [-0.25, -0.2) is 4.21 Å². The van der Waals surface area contributed by atoms with E-state index < -0.39 is 10.8 Å². The van der Waals surface area contributed by atoms with Gasteiger partial charge in [-0.15, -0.1) is 5.73 Å². The maximum atomic E-state index is 12.7. The van der Waals surface area contributed by atoms with Crippen LogP contribution in [0.3, 0.4) is 0 Å². The predicted molar refractivity (Wildman–Crippen MR) is 121 cm³/mol. The van der Waals surface area contributed by atoms with E-state index in [1.807, 2.05) is 36.4 Å². The summed E-state index contributed by atoms with van der Waals surface area (Å²) in [6.07, 6.45) is 11.6. The van der Waals surface area contributed by atoms with Gasteiger partial charge in [0, 0.05) is 27.6 Å². The molecule has 0 heterocycles. The van der Waals surface area contributed by atoms with Gasteiger partial charge in [0.25, 0.3) is 0 Å². The van der Waals surface area contributed by atoms with E-state index in [1.54, 1.807) is 11.0 Å². The van der Waals surface area contributed by atoms with E-state index in [2.05, 4.69) is 25.7 Å². The Labute approximate surface area is 182 Å². The van der Waals surface area contributed by atoms with E-state index in [4.69, 9.17) is 0 Å². The van der Waals surface area contributed by atoms with Crippen molar-refractivity contribution in [3.63, 3.8) is 0 Å². The first-order chi connectivity index (χ1) is 14.4. The Hall–Kier alpha value is -1.96. The lowest BCUT2D eigenvalue weighted by molar-refractivity contribution is -0.115. The maximum Gasteiger partial charge on any atom is 0.155 e. The molecule has 30 heavy (non-hydrogen) atoms. The van der Waals surface area contributed by atoms with E-state index in [0.717, 1.165) is 37.0 Å². The lowest BCUT2D eigenvalue weighted by atomic mass is 9.52. The van der Waals surface area contributed by atoms with E-state index in [9.17, 15) is 9.00 Å². The summed E-state index contributed by atoms with van der Waals surface area (Å²) in [5.41, 5.74) is 8.03. The van der Waals surface area contributed by atoms with E-state index >= 15 is 0 Å². The molecule has 2 nitrogen and oxygen atoms in total. The number of carbonyl (C=O) groups excluding carboxylic acids is 1. The Morgan fingerprint density at radius 3 is 2.70 bits per heavy atom. The largest absolute Gasteiger partial charge is 0.295 e. The number of allylic oxidation sites excluding steroid dienone is 5. The fourth-order valence-corrected chi connectivity index (χ4v) is 7.47. The molecule has 0 radical (unpaired) electrons. The third-order valence-corrected chi connectivity index (χ3v) is 9.51. The van der Waals surface area contributed by atoms with E-state index in [1.165, 1.54) is 17.6 Å². The standard InChI is InChI=1S/C27H30O2S/c1-26-16-13-25-23(10-8-20-18-21(28)12-15-27(20,25)2)24(26)11-9-19(26)14-17-30(29)22-6-4-3-5-7-22/h3-7,13,17-18,23-24H,8-12,15-16H2,1-2H3/t14?,23-,24+,26+,27-,30-/m0/s1. The van der Waals surface area contributed by atoms with Crippen LogP contribution in [0.2, 0.25) is 0 Å². The summed E-state index contributed by atoms with van der Waals surface area (Å²) in [5, 5.41) is 1.77. The molecule has 0 spiro atoms. The van der Waals surface area contributed by atoms with Crippen LogP contribution in [0.25, 0.3) is 0 Å². The molecule has 0 aliphatic heterocycles. The number of benzene rings is 1. The van der Waals surface area contributed by atoms with Gasteiger partial charge in [0.1, 0.15) is 0 Å². The molecular weight excluding hydrogens is 388 g/mol. The molecule has 5 atom stereocenters. The minimum Gasteiger partial charge on any atom is -0.295 e. The van der Waals surface area contributed by atoms with Crippen LogP contribution in [-0.4, -0.2) is 9.99 Å². The lowest BCUT2D eigenvalue weighted by Gasteiger charge is -2.52. The summed E-state index contributed by atoms with van der Waals surface area (Å²) in [5.74, 6) is 1.55. The van der Waals surface area contributed by atoms with Crippen LogP contribution >= 0.6 is 0 Å². The third kappa shape index (κ3) is 3.06. The molecule has 0 N–H and O–H groups in total. The number of carbonyl (C=O) groups is 1. The van der Waals surface area contributed by atoms with Gasteiger partial charge in [-0.3, -0.25) is 4.79 Å². The zero-order valence-electron chi connectivity index (χ0n) is 17.9. The van der Waals surface area contributed by atoms with Gasteiger partial charge in [-0.2, -0.15) is 0 Å². The molecule has 0 bridgehead atoms. The zero-order valence-corrected chi connectivity index (χ0v) is 18.8. The highest BCUT2D eigenvalue weighted by Crippen LogP contribution is 2.64. The average molecular weight is 419 g/mol. The first-order valence-corrected chi connectivity index (χ1v) is 12.5. The summed E-state index contributed by atoms with van der Waals surface area (Å²) in [7, 11) is -1.15. The van der Waals surface area contributed by atoms with Crippen LogP contribution in [0.1, 0.15) is 58.8 Å². The SMILES string of the molecule is C[C@]12CCC(=O)C=C1CC[C@@H]1C2=CC[C@]2(C)C(=C=C[S@](=O)c3ccccc3)CC[C@H]12. The number of ketones is 1. The molecule has 2 saturated carbocycles. The van der Waals surface area contributed by atoms with Crippen molar-refractivity contribution in [3.05, 3.63) is 70.3 Å². The average Bonchev–Trinajstić information content (AvgIpc) is 3.09. The molecular formula is C27H30O2S. The molecule has 3 heteroatoms. The topological polar surface area (TPSA) is 34.1 Å². The van der Waals surface area contributed by atoms with Gasteiger partial charge in [-0.05, 0) is 74.1 Å². The molecule has 2 fully saturated rings. The Morgan fingerprint density at radius 2 is 1.90 bits per heavy atom. The van der Waals surface area contributed by atoms with Gasteiger partial charge in [0.05, 0.1) is 10.8 Å². The lowest BCUT2D eigenvalue weighted by Crippen LogP contribution is -2.43. The Morgan fingerprint density at radius 1 is 1.10 bits per heavy atom. The fraction of sp³-hybridized carbons (Fsp3) is 0.481. The van der Waals surface area contributed by atoms with Crippen LogP contribution in [0.4, 0.5) is 0 Å². The first-order valence-electron chi connectivity index (χ1n) is 11.3. The van der Waals surface area contributed by atoms with Crippen LogP contribution in [0.5, 0.6) is 0 Å². The second-order valence-corrected chi connectivity index (χ2v) is 11.2. The van der Waals surface area contributed by atoms with Crippen LogP contribution in [0, 0.1) is 22.7 Å². The predicted octanol–water partition coefficient (Wildman–Crippen LogP) is 6.29. The summed E-state index contributed by atoms with van der Waals surface area (Å²) < 4.78 is 12.7. The Kier molecular flexibility index (Phi) is 4.87. The zero-order chi connectivity index (χ0) is 20.9. The fourth-order valence-electron chi connectivity index (χ4n) is 6.66. The maximum absolute atomic E-state index is 12.7. The molecule has 5 rings (SSSR count). The number of hydrogen-bond donors (Lipinski definition) is 0. The minimum atomic E-state index is -1.15. The van der Waals surface area contributed by atoms with Crippen molar-refractivity contribution in [1.82, 2.24) is 0 Å². The van der Waals surface area contributed by atoms with Crippen molar-refractivity contribution in [2.45, 2.75) is 63.7 Å². The molecule has 1 aromatic rings. The molecule has 4 aliphatic rings. The molecule has 0 saturated heterocycles. The number of rotatable bonds is 2. The number of hydrogen-bond acceptors (Lipinski definition) is 2. The summed E-state index contributed by atoms with van der Waals surface area (Å²) in [6, 6.07) is 9.64. The number of fused-ring (bicyclic) bond motifs is 5. The van der Waals surface area contributed by atoms with Gasteiger partial charge < -0.3 is 0 Å². The molecule has 0 amide bonds. The monoisotopic (exact) mass is 418 g/mol. The minimum absolute atomic E-state index is 0.0925. The van der Waals surface area contributed by atoms with Crippen molar-refractivity contribution in [2.75, 3.05) is 0 Å². The van der Waals surface area contributed by atoms with Gasteiger partial charge in [0.2, 0.25) is 0 Å². The smallest absolute Gasteiger partial charge is 0.155 e. The Balaban J connectivity index is 1.47. The molecule has 1 aromatic carbocycles. The van der Waals surface area contributed by atoms with Gasteiger partial charge >= 0.3 is 0 Å². The second kappa shape index (κ2) is 7.32. The highest BCUT2D eigenvalue weighted by molar-refractivity contribution is 7.88. The van der Waals surface area contributed by atoms with Crippen molar-refractivity contribution in [3.8, 4) is 0 Å². The van der Waals surface area contributed by atoms with Crippen molar-refractivity contribution >= 4 is 16.6 Å². The highest BCUT2D eigenvalue weighted by Gasteiger charge is 2.54. The van der Waals surface area contributed by atoms with Gasteiger partial charge in [0.15, 0.2) is 5.78 Å². The molecule has 0 aromatic heterocycles. The third-order valence-electron chi connectivity index (χ3n) is 8.44. The van der Waals surface area contributed by atoms with Crippen molar-refractivity contribution in [1.29, 1.82) is 0 Å². The highest BCUT2D eigenvalue weighted by atomic mass is 32.2. The normalized spacial score (nSPS) is 35.9. The second-order valence-electron chi connectivity index (χ2n) is 9.89. The van der Waals surface area contributed by atoms with E-state index in [0.29, 0.717) is 24.0 Å². The first kappa shape index (κ1) is 20.0. The van der Waals surface area contributed by atoms with E-state index in [-0.39, 0.29) is 10.8 Å². The van der Waals surface area contributed by atoms with Crippen LogP contribution < -0.4 is 0 Å². The van der Waals surface area contributed by atoms with Crippen molar-refractivity contribution in [2.24, 2.45) is 22.7 Å². The molecule has 0 unspecified atom stereocenters. The summed E-state index contributed by atoms with van der Waals surface area (Å²) in [4.78, 5) is 12.8. The Bertz CT molecular complexity index is 1040. The quantitative estimate of drug-likeness (QED) is 0.418.